The van der Waals surface area contributed by atoms with Crippen molar-refractivity contribution >= 4 is 21.7 Å². The monoisotopic (exact) mass is 384 g/mol. The third kappa shape index (κ3) is 5.96. The SMILES string of the molecule is COCCCNc1ccc(C(=O)O)cc1S(=O)(=O)NC1CCCCCC1. The Morgan fingerprint density at radius 3 is 2.54 bits per heavy atom. The normalized spacial score (nSPS) is 16.2. The third-order valence-corrected chi connectivity index (χ3v) is 6.10. The summed E-state index contributed by atoms with van der Waals surface area (Å²) >= 11 is 0. The maximum absolute atomic E-state index is 12.9. The number of methoxy groups -OCH3 is 1. The van der Waals surface area contributed by atoms with Crippen LogP contribution < -0.4 is 10.0 Å². The molecule has 2 rings (SSSR count). The minimum atomic E-state index is -3.81. The molecule has 0 aromatic heterocycles. The van der Waals surface area contributed by atoms with Crippen molar-refractivity contribution in [2.75, 3.05) is 25.6 Å². The molecule has 0 spiro atoms. The Morgan fingerprint density at radius 2 is 1.92 bits per heavy atom. The van der Waals surface area contributed by atoms with Gasteiger partial charge >= 0.3 is 5.97 Å². The molecular weight excluding hydrogens is 356 g/mol. The first-order valence-corrected chi connectivity index (χ1v) is 10.5. The number of carbonyl (C=O) groups is 1. The van der Waals surface area contributed by atoms with E-state index in [2.05, 4.69) is 10.0 Å². The number of hydrogen-bond donors (Lipinski definition) is 3. The molecule has 0 atom stereocenters. The molecule has 1 aliphatic carbocycles. The zero-order chi connectivity index (χ0) is 19.0. The first-order valence-electron chi connectivity index (χ1n) is 9.06. The van der Waals surface area contributed by atoms with E-state index < -0.39 is 16.0 Å². The van der Waals surface area contributed by atoms with Crippen LogP contribution in [0, 0.1) is 0 Å². The first-order chi connectivity index (χ1) is 12.4. The predicted octanol–water partition coefficient (Wildman–Crippen LogP) is 2.83. The molecule has 1 fully saturated rings. The van der Waals surface area contributed by atoms with E-state index >= 15 is 0 Å². The van der Waals surface area contributed by atoms with Gasteiger partial charge in [0.25, 0.3) is 0 Å². The summed E-state index contributed by atoms with van der Waals surface area (Å²) in [5.41, 5.74) is 0.362. The number of ether oxygens (including phenoxy) is 1. The standard InChI is InChI=1S/C18H28N2O5S/c1-25-12-6-11-19-16-10-9-14(18(21)22)13-17(16)26(23,24)20-15-7-4-2-3-5-8-15/h9-10,13,15,19-20H,2-8,11-12H2,1H3,(H,21,22). The number of benzene rings is 1. The Morgan fingerprint density at radius 1 is 1.23 bits per heavy atom. The van der Waals surface area contributed by atoms with E-state index in [1.807, 2.05) is 0 Å². The Kier molecular flexibility index (Phi) is 7.86. The van der Waals surface area contributed by atoms with Gasteiger partial charge in [0.2, 0.25) is 10.0 Å². The van der Waals surface area contributed by atoms with E-state index in [9.17, 15) is 18.3 Å². The summed E-state index contributed by atoms with van der Waals surface area (Å²) in [5.74, 6) is -1.15. The minimum Gasteiger partial charge on any atom is -0.478 e. The van der Waals surface area contributed by atoms with Crippen molar-refractivity contribution in [1.82, 2.24) is 4.72 Å². The quantitative estimate of drug-likeness (QED) is 0.447. The lowest BCUT2D eigenvalue weighted by atomic mass is 10.1. The van der Waals surface area contributed by atoms with Gasteiger partial charge in [-0.05, 0) is 37.5 Å². The summed E-state index contributed by atoms with van der Waals surface area (Å²) in [6.07, 6.45) is 6.60. The first kappa shape index (κ1) is 20.7. The van der Waals surface area contributed by atoms with Crippen LogP contribution in [0.1, 0.15) is 55.3 Å². The highest BCUT2D eigenvalue weighted by molar-refractivity contribution is 7.89. The molecule has 26 heavy (non-hydrogen) atoms. The van der Waals surface area contributed by atoms with Crippen LogP contribution in [0.4, 0.5) is 5.69 Å². The van der Waals surface area contributed by atoms with Gasteiger partial charge in [0.05, 0.1) is 11.3 Å². The molecule has 1 aromatic carbocycles. The molecule has 0 unspecified atom stereocenters. The van der Waals surface area contributed by atoms with Crippen LogP contribution in [0.2, 0.25) is 0 Å². The predicted molar refractivity (Wildman–Crippen MR) is 100 cm³/mol. The summed E-state index contributed by atoms with van der Waals surface area (Å²) in [4.78, 5) is 11.3. The average Bonchev–Trinajstić information content (AvgIpc) is 2.86. The van der Waals surface area contributed by atoms with E-state index in [0.29, 0.717) is 25.3 Å². The highest BCUT2D eigenvalue weighted by Crippen LogP contribution is 2.25. The van der Waals surface area contributed by atoms with Gasteiger partial charge in [0.15, 0.2) is 0 Å². The molecule has 0 amide bonds. The molecular formula is C18H28N2O5S. The summed E-state index contributed by atoms with van der Waals surface area (Å²) < 4.78 is 33.6. The van der Waals surface area contributed by atoms with E-state index in [1.165, 1.54) is 18.2 Å². The number of hydrogen-bond acceptors (Lipinski definition) is 5. The van der Waals surface area contributed by atoms with Crippen molar-refractivity contribution in [1.29, 1.82) is 0 Å². The Balaban J connectivity index is 2.23. The van der Waals surface area contributed by atoms with Crippen molar-refractivity contribution in [2.45, 2.75) is 55.9 Å². The summed E-state index contributed by atoms with van der Waals surface area (Å²) in [6.45, 7) is 1.09. The molecule has 1 aliphatic rings. The molecule has 8 heteroatoms. The molecule has 0 saturated heterocycles. The zero-order valence-electron chi connectivity index (χ0n) is 15.2. The lowest BCUT2D eigenvalue weighted by molar-refractivity contribution is 0.0696. The molecule has 0 aliphatic heterocycles. The summed E-state index contributed by atoms with van der Waals surface area (Å²) in [6, 6.07) is 4.04. The third-order valence-electron chi connectivity index (χ3n) is 4.54. The van der Waals surface area contributed by atoms with Gasteiger partial charge in [-0.2, -0.15) is 0 Å². The van der Waals surface area contributed by atoms with Gasteiger partial charge in [-0.15, -0.1) is 0 Å². The maximum atomic E-state index is 12.9. The van der Waals surface area contributed by atoms with Crippen LogP contribution in [0.3, 0.4) is 0 Å². The lowest BCUT2D eigenvalue weighted by Crippen LogP contribution is -2.35. The number of anilines is 1. The van der Waals surface area contributed by atoms with Crippen LogP contribution in [0.15, 0.2) is 23.1 Å². The van der Waals surface area contributed by atoms with Crippen molar-refractivity contribution in [3.63, 3.8) is 0 Å². The van der Waals surface area contributed by atoms with Gasteiger partial charge in [0.1, 0.15) is 4.90 Å². The number of aromatic carboxylic acids is 1. The van der Waals surface area contributed by atoms with Crippen molar-refractivity contribution in [3.8, 4) is 0 Å². The van der Waals surface area contributed by atoms with Crippen LogP contribution in [0.5, 0.6) is 0 Å². The van der Waals surface area contributed by atoms with Crippen LogP contribution in [-0.4, -0.2) is 45.8 Å². The van der Waals surface area contributed by atoms with Gasteiger partial charge < -0.3 is 15.2 Å². The topological polar surface area (TPSA) is 105 Å². The Hall–Kier alpha value is -1.64. The largest absolute Gasteiger partial charge is 0.478 e. The van der Waals surface area contributed by atoms with Gasteiger partial charge in [-0.1, -0.05) is 25.7 Å². The molecule has 1 saturated carbocycles. The zero-order valence-corrected chi connectivity index (χ0v) is 16.0. The van der Waals surface area contributed by atoms with E-state index in [0.717, 1.165) is 38.5 Å². The molecule has 1 aromatic rings. The molecule has 0 heterocycles. The molecule has 0 radical (unpaired) electrons. The van der Waals surface area contributed by atoms with Crippen molar-refractivity contribution in [3.05, 3.63) is 23.8 Å². The van der Waals surface area contributed by atoms with Crippen LogP contribution in [0.25, 0.3) is 0 Å². The van der Waals surface area contributed by atoms with Gasteiger partial charge in [-0.25, -0.2) is 17.9 Å². The van der Waals surface area contributed by atoms with E-state index in [-0.39, 0.29) is 16.5 Å². The highest BCUT2D eigenvalue weighted by Gasteiger charge is 2.25. The van der Waals surface area contributed by atoms with Gasteiger partial charge in [0, 0.05) is 26.3 Å². The van der Waals surface area contributed by atoms with Crippen LogP contribution >= 0.6 is 0 Å². The molecule has 3 N–H and O–H groups in total. The smallest absolute Gasteiger partial charge is 0.335 e. The molecule has 7 nitrogen and oxygen atoms in total. The van der Waals surface area contributed by atoms with E-state index in [4.69, 9.17) is 4.74 Å². The summed E-state index contributed by atoms with van der Waals surface area (Å²) in [5, 5.41) is 12.3. The number of carboxylic acids is 1. The van der Waals surface area contributed by atoms with Crippen molar-refractivity contribution in [2.24, 2.45) is 0 Å². The fraction of sp³-hybridized carbons (Fsp3) is 0.611. The fourth-order valence-electron chi connectivity index (χ4n) is 3.14. The van der Waals surface area contributed by atoms with Crippen LogP contribution in [-0.2, 0) is 14.8 Å². The Bertz CT molecular complexity index is 698. The number of nitrogens with one attached hydrogen (secondary N) is 2. The highest BCUT2D eigenvalue weighted by atomic mass is 32.2. The fourth-order valence-corrected chi connectivity index (χ4v) is 4.66. The second-order valence-corrected chi connectivity index (χ2v) is 8.28. The average molecular weight is 384 g/mol. The van der Waals surface area contributed by atoms with E-state index in [1.54, 1.807) is 7.11 Å². The second-order valence-electron chi connectivity index (χ2n) is 6.60. The number of sulfonamides is 1. The number of carboxylic acid groups (broad SMARTS) is 1. The molecule has 146 valence electrons. The second kappa shape index (κ2) is 9.89. The van der Waals surface area contributed by atoms with Gasteiger partial charge in [-0.3, -0.25) is 0 Å². The number of rotatable bonds is 9. The molecule has 0 bridgehead atoms. The maximum Gasteiger partial charge on any atom is 0.335 e. The summed E-state index contributed by atoms with van der Waals surface area (Å²) in [7, 11) is -2.21. The minimum absolute atomic E-state index is 0.0148. The Labute approximate surface area is 155 Å². The van der Waals surface area contributed by atoms with Crippen molar-refractivity contribution < 1.29 is 23.1 Å². The lowest BCUT2D eigenvalue weighted by Gasteiger charge is -2.19.